The van der Waals surface area contributed by atoms with E-state index in [-0.39, 0.29) is 5.41 Å². The minimum atomic E-state index is -5.08. The van der Waals surface area contributed by atoms with Gasteiger partial charge >= 0.3 is 24.3 Å². The summed E-state index contributed by atoms with van der Waals surface area (Å²) in [5, 5.41) is 26.0. The zero-order chi connectivity index (χ0) is 30.2. The Hall–Kier alpha value is -2.95. The first kappa shape index (κ1) is 34.1. The number of carboxylic acids is 2. The topological polar surface area (TPSA) is 164 Å². The van der Waals surface area contributed by atoms with Crippen LogP contribution in [-0.4, -0.2) is 86.5 Å². The number of amides is 1. The molecule has 2 aliphatic heterocycles. The number of carbonyl (C=O) groups excluding carboxylic acids is 1. The van der Waals surface area contributed by atoms with E-state index in [4.69, 9.17) is 25.5 Å². The molecule has 39 heavy (non-hydrogen) atoms. The maximum absolute atomic E-state index is 12.9. The molecule has 0 aromatic carbocycles. The first-order valence-electron chi connectivity index (χ1n) is 12.0. The lowest BCUT2D eigenvalue weighted by Gasteiger charge is -2.40. The molecule has 0 radical (unpaired) electrons. The minimum Gasteiger partial charge on any atom is -0.475 e. The maximum Gasteiger partial charge on any atom is 0.490 e. The van der Waals surface area contributed by atoms with Crippen molar-refractivity contribution in [3.8, 4) is 0 Å². The number of carboxylic acid groups (broad SMARTS) is 2. The summed E-state index contributed by atoms with van der Waals surface area (Å²) in [6, 6.07) is 0. The Morgan fingerprint density at radius 2 is 1.46 bits per heavy atom. The van der Waals surface area contributed by atoms with Crippen LogP contribution in [0, 0.1) is 11.3 Å². The molecule has 0 bridgehead atoms. The maximum atomic E-state index is 12.9. The summed E-state index contributed by atoms with van der Waals surface area (Å²) in [4.78, 5) is 32.8. The van der Waals surface area contributed by atoms with Crippen molar-refractivity contribution >= 4 is 17.8 Å². The van der Waals surface area contributed by atoms with Gasteiger partial charge in [-0.1, -0.05) is 12.1 Å². The number of hydrogen-bond donors (Lipinski definition) is 4. The molecule has 0 saturated carbocycles. The lowest BCUT2D eigenvalue weighted by molar-refractivity contribution is -0.193. The van der Waals surface area contributed by atoms with Crippen LogP contribution in [0.2, 0.25) is 0 Å². The number of rotatable bonds is 4. The highest BCUT2D eigenvalue weighted by Crippen LogP contribution is 2.32. The van der Waals surface area contributed by atoms with Gasteiger partial charge in [0.15, 0.2) is 0 Å². The standard InChI is InChI=1S/C18H32N6O.2C2HF3O2/c1-17(2,19)15-13-24(22-21-15)12-14-4-10-23(11-5-14)16(25)18(3)6-8-20-9-7-18;2*3-2(4,5)1(6)7/h13-14,20H,4-12,19H2,1-3H3;2*(H,6,7). The average Bonchev–Trinajstić information content (AvgIpc) is 3.28. The van der Waals surface area contributed by atoms with Gasteiger partial charge in [0.05, 0.1) is 11.7 Å². The second-order valence-corrected chi connectivity index (χ2v) is 10.2. The molecule has 17 heteroatoms. The molecule has 1 aromatic rings. The Balaban J connectivity index is 0.000000449. The second kappa shape index (κ2) is 13.4. The fraction of sp³-hybridized carbons (Fsp3) is 0.773. The SMILES string of the molecule is CC1(C(=O)N2CCC(Cn3cc(C(C)(C)N)nn3)CC2)CCNCC1.O=C(O)C(F)(F)F.O=C(O)C(F)(F)F. The first-order chi connectivity index (χ1) is 17.7. The van der Waals surface area contributed by atoms with Crippen LogP contribution in [0.25, 0.3) is 0 Å². The summed E-state index contributed by atoms with van der Waals surface area (Å²) in [6.45, 7) is 10.5. The molecular formula is C22H34F6N6O5. The number of aromatic nitrogens is 3. The van der Waals surface area contributed by atoms with Crippen LogP contribution in [0.4, 0.5) is 26.3 Å². The number of nitrogens with zero attached hydrogens (tertiary/aromatic N) is 4. The van der Waals surface area contributed by atoms with Gasteiger partial charge in [-0.15, -0.1) is 5.10 Å². The molecule has 3 rings (SSSR count). The molecule has 0 spiro atoms. The molecule has 11 nitrogen and oxygen atoms in total. The van der Waals surface area contributed by atoms with Gasteiger partial charge in [0.25, 0.3) is 0 Å². The Morgan fingerprint density at radius 1 is 1.03 bits per heavy atom. The second-order valence-electron chi connectivity index (χ2n) is 10.2. The summed E-state index contributed by atoms with van der Waals surface area (Å²) in [6.07, 6.45) is -4.26. The van der Waals surface area contributed by atoms with Crippen LogP contribution >= 0.6 is 0 Å². The van der Waals surface area contributed by atoms with E-state index in [9.17, 15) is 31.1 Å². The van der Waals surface area contributed by atoms with Gasteiger partial charge in [-0.25, -0.2) is 9.59 Å². The molecule has 1 amide bonds. The van der Waals surface area contributed by atoms with Gasteiger partial charge < -0.3 is 26.2 Å². The van der Waals surface area contributed by atoms with E-state index in [2.05, 4.69) is 27.5 Å². The van der Waals surface area contributed by atoms with Gasteiger partial charge in [0, 0.05) is 25.0 Å². The van der Waals surface area contributed by atoms with E-state index < -0.39 is 29.8 Å². The van der Waals surface area contributed by atoms with Crippen LogP contribution < -0.4 is 11.1 Å². The van der Waals surface area contributed by atoms with Crippen molar-refractivity contribution < 1.29 is 50.9 Å². The minimum absolute atomic E-state index is 0.175. The van der Waals surface area contributed by atoms with Crippen LogP contribution in [-0.2, 0) is 26.5 Å². The van der Waals surface area contributed by atoms with Gasteiger partial charge in [0.2, 0.25) is 5.91 Å². The molecule has 0 aliphatic carbocycles. The number of carbonyl (C=O) groups is 3. The molecule has 3 heterocycles. The monoisotopic (exact) mass is 576 g/mol. The van der Waals surface area contributed by atoms with Crippen LogP contribution in [0.15, 0.2) is 6.20 Å². The number of halogens is 6. The highest BCUT2D eigenvalue weighted by molar-refractivity contribution is 5.82. The number of nitrogens with two attached hydrogens (primary N) is 1. The van der Waals surface area contributed by atoms with Crippen molar-refractivity contribution in [1.82, 2.24) is 25.2 Å². The fourth-order valence-electron chi connectivity index (χ4n) is 3.84. The van der Waals surface area contributed by atoms with E-state index >= 15 is 0 Å². The predicted octanol–water partition coefficient (Wildman–Crippen LogP) is 2.37. The fourth-order valence-corrected chi connectivity index (χ4v) is 3.84. The first-order valence-corrected chi connectivity index (χ1v) is 12.0. The van der Waals surface area contributed by atoms with Crippen molar-refractivity contribution in [2.45, 2.75) is 70.9 Å². The van der Waals surface area contributed by atoms with Crippen molar-refractivity contribution in [3.63, 3.8) is 0 Å². The van der Waals surface area contributed by atoms with Crippen molar-refractivity contribution in [3.05, 3.63) is 11.9 Å². The molecule has 1 aromatic heterocycles. The highest BCUT2D eigenvalue weighted by atomic mass is 19.4. The third-order valence-corrected chi connectivity index (χ3v) is 6.25. The third kappa shape index (κ3) is 11.4. The van der Waals surface area contributed by atoms with E-state index in [0.29, 0.717) is 11.8 Å². The molecule has 2 saturated heterocycles. The molecule has 5 N–H and O–H groups in total. The largest absolute Gasteiger partial charge is 0.490 e. The molecular weight excluding hydrogens is 542 g/mol. The number of nitrogens with one attached hydrogen (secondary N) is 1. The number of alkyl halides is 6. The molecule has 2 fully saturated rings. The average molecular weight is 577 g/mol. The third-order valence-electron chi connectivity index (χ3n) is 6.25. The van der Waals surface area contributed by atoms with Gasteiger partial charge in [-0.05, 0) is 58.5 Å². The number of likely N-dealkylation sites (tertiary alicyclic amines) is 1. The van der Waals surface area contributed by atoms with Crippen LogP contribution in [0.1, 0.15) is 52.1 Å². The summed E-state index contributed by atoms with van der Waals surface area (Å²) in [5.41, 5.74) is 6.26. The quantitative estimate of drug-likeness (QED) is 0.394. The predicted molar refractivity (Wildman–Crippen MR) is 124 cm³/mol. The van der Waals surface area contributed by atoms with Crippen molar-refractivity contribution in [2.24, 2.45) is 17.1 Å². The normalized spacial score (nSPS) is 18.3. The lowest BCUT2D eigenvalue weighted by atomic mass is 9.79. The Kier molecular flexibility index (Phi) is 11.7. The zero-order valence-electron chi connectivity index (χ0n) is 21.8. The smallest absolute Gasteiger partial charge is 0.475 e. The van der Waals surface area contributed by atoms with E-state index in [1.165, 1.54) is 0 Å². The Morgan fingerprint density at radius 3 is 1.82 bits per heavy atom. The Labute approximate surface area is 220 Å². The van der Waals surface area contributed by atoms with E-state index in [1.54, 1.807) is 0 Å². The molecule has 224 valence electrons. The highest BCUT2D eigenvalue weighted by Gasteiger charge is 2.40. The summed E-state index contributed by atoms with van der Waals surface area (Å²) >= 11 is 0. The molecule has 0 atom stereocenters. The van der Waals surface area contributed by atoms with Crippen LogP contribution in [0.5, 0.6) is 0 Å². The van der Waals surface area contributed by atoms with Crippen molar-refractivity contribution in [2.75, 3.05) is 26.2 Å². The zero-order valence-corrected chi connectivity index (χ0v) is 21.8. The van der Waals surface area contributed by atoms with Gasteiger partial charge in [-0.2, -0.15) is 26.3 Å². The summed E-state index contributed by atoms with van der Waals surface area (Å²) < 4.78 is 65.4. The summed E-state index contributed by atoms with van der Waals surface area (Å²) in [5.74, 6) is -4.62. The lowest BCUT2D eigenvalue weighted by Crippen LogP contribution is -2.50. The molecule has 0 unspecified atom stereocenters. The number of hydrogen-bond acceptors (Lipinski definition) is 7. The number of piperidine rings is 2. The van der Waals surface area contributed by atoms with E-state index in [0.717, 1.165) is 64.1 Å². The van der Waals surface area contributed by atoms with Crippen LogP contribution in [0.3, 0.4) is 0 Å². The van der Waals surface area contributed by atoms with E-state index in [1.807, 2.05) is 24.7 Å². The van der Waals surface area contributed by atoms with Gasteiger partial charge in [-0.3, -0.25) is 9.48 Å². The molecule has 2 aliphatic rings. The number of aliphatic carboxylic acids is 2. The van der Waals surface area contributed by atoms with Crippen molar-refractivity contribution in [1.29, 1.82) is 0 Å². The Bertz CT molecular complexity index is 938. The summed E-state index contributed by atoms with van der Waals surface area (Å²) in [7, 11) is 0. The van der Waals surface area contributed by atoms with Gasteiger partial charge in [0.1, 0.15) is 5.69 Å².